The predicted octanol–water partition coefficient (Wildman–Crippen LogP) is 4.98. The SMILES string of the molecule is C=CCn1c(SCc2cccc3cccnc23)nnc1-c1ccccc1OC. The van der Waals surface area contributed by atoms with Gasteiger partial charge in [-0.25, -0.2) is 0 Å². The van der Waals surface area contributed by atoms with Gasteiger partial charge in [0.05, 0.1) is 18.2 Å². The molecule has 0 saturated carbocycles. The second-order valence-corrected chi connectivity index (χ2v) is 7.13. The van der Waals surface area contributed by atoms with Gasteiger partial charge in [0.2, 0.25) is 0 Å². The molecular formula is C22H20N4OS. The molecular weight excluding hydrogens is 368 g/mol. The number of para-hydroxylation sites is 2. The Hall–Kier alpha value is -3.12. The molecule has 0 radical (unpaired) electrons. The van der Waals surface area contributed by atoms with Crippen LogP contribution in [0, 0.1) is 0 Å². The van der Waals surface area contributed by atoms with Gasteiger partial charge in [0.1, 0.15) is 5.75 Å². The average molecular weight is 388 g/mol. The zero-order valence-electron chi connectivity index (χ0n) is 15.6. The molecule has 2 aromatic carbocycles. The lowest BCUT2D eigenvalue weighted by molar-refractivity contribution is 0.416. The van der Waals surface area contributed by atoms with Crippen LogP contribution >= 0.6 is 11.8 Å². The number of hydrogen-bond donors (Lipinski definition) is 0. The fourth-order valence-electron chi connectivity index (χ4n) is 3.14. The third-order valence-electron chi connectivity index (χ3n) is 4.45. The van der Waals surface area contributed by atoms with Gasteiger partial charge in [-0.1, -0.05) is 54.2 Å². The van der Waals surface area contributed by atoms with Crippen LogP contribution in [0.25, 0.3) is 22.3 Å². The lowest BCUT2D eigenvalue weighted by Gasteiger charge is -2.11. The van der Waals surface area contributed by atoms with Crippen molar-refractivity contribution in [2.75, 3.05) is 7.11 Å². The fraction of sp³-hybridized carbons (Fsp3) is 0.136. The van der Waals surface area contributed by atoms with E-state index in [-0.39, 0.29) is 0 Å². The Morgan fingerprint density at radius 3 is 2.79 bits per heavy atom. The topological polar surface area (TPSA) is 52.8 Å². The number of thioether (sulfide) groups is 1. The molecule has 28 heavy (non-hydrogen) atoms. The number of hydrogen-bond acceptors (Lipinski definition) is 5. The molecule has 0 aliphatic heterocycles. The van der Waals surface area contributed by atoms with Crippen LogP contribution in [0.5, 0.6) is 5.75 Å². The maximum atomic E-state index is 5.50. The van der Waals surface area contributed by atoms with Gasteiger partial charge in [0.25, 0.3) is 0 Å². The number of rotatable bonds is 7. The third kappa shape index (κ3) is 3.51. The van der Waals surface area contributed by atoms with Crippen LogP contribution in [-0.2, 0) is 12.3 Å². The highest BCUT2D eigenvalue weighted by Gasteiger charge is 2.17. The quantitative estimate of drug-likeness (QED) is 0.330. The summed E-state index contributed by atoms with van der Waals surface area (Å²) in [7, 11) is 1.66. The monoisotopic (exact) mass is 388 g/mol. The number of fused-ring (bicyclic) bond motifs is 1. The maximum absolute atomic E-state index is 5.50. The molecule has 5 nitrogen and oxygen atoms in total. The number of allylic oxidation sites excluding steroid dienone is 1. The van der Waals surface area contributed by atoms with Gasteiger partial charge in [-0.15, -0.1) is 16.8 Å². The van der Waals surface area contributed by atoms with Crippen LogP contribution in [-0.4, -0.2) is 26.9 Å². The molecule has 0 unspecified atom stereocenters. The van der Waals surface area contributed by atoms with Crippen LogP contribution in [0.2, 0.25) is 0 Å². The molecule has 2 heterocycles. The van der Waals surface area contributed by atoms with Gasteiger partial charge in [-0.2, -0.15) is 0 Å². The molecule has 0 aliphatic rings. The molecule has 0 atom stereocenters. The summed E-state index contributed by atoms with van der Waals surface area (Å²) >= 11 is 1.64. The Labute approximate surface area is 168 Å². The molecule has 140 valence electrons. The van der Waals surface area contributed by atoms with Crippen LogP contribution in [0.3, 0.4) is 0 Å². The Morgan fingerprint density at radius 2 is 1.93 bits per heavy atom. The lowest BCUT2D eigenvalue weighted by atomic mass is 10.1. The zero-order chi connectivity index (χ0) is 19.3. The second kappa shape index (κ2) is 8.27. The van der Waals surface area contributed by atoms with Crippen molar-refractivity contribution in [3.8, 4) is 17.1 Å². The summed E-state index contributed by atoms with van der Waals surface area (Å²) in [6.45, 7) is 4.51. The highest BCUT2D eigenvalue weighted by Crippen LogP contribution is 2.32. The van der Waals surface area contributed by atoms with Crippen LogP contribution in [0.1, 0.15) is 5.56 Å². The molecule has 0 aliphatic carbocycles. The standard InChI is InChI=1S/C22H20N4OS/c1-3-14-26-21(18-11-4-5-12-19(18)27-2)24-25-22(26)28-15-17-9-6-8-16-10-7-13-23-20(16)17/h3-13H,1,14-15H2,2H3. The number of nitrogens with zero attached hydrogens (tertiary/aromatic N) is 4. The summed E-state index contributed by atoms with van der Waals surface area (Å²) in [5.41, 5.74) is 3.12. The molecule has 0 amide bonds. The second-order valence-electron chi connectivity index (χ2n) is 6.19. The number of benzene rings is 2. The lowest BCUT2D eigenvalue weighted by Crippen LogP contribution is -2.02. The number of ether oxygens (including phenoxy) is 1. The van der Waals surface area contributed by atoms with E-state index >= 15 is 0 Å². The van der Waals surface area contributed by atoms with Crippen LogP contribution < -0.4 is 4.74 Å². The average Bonchev–Trinajstić information content (AvgIpc) is 3.14. The zero-order valence-corrected chi connectivity index (χ0v) is 16.4. The van der Waals surface area contributed by atoms with Crippen LogP contribution in [0.4, 0.5) is 0 Å². The van der Waals surface area contributed by atoms with E-state index in [2.05, 4.69) is 50.6 Å². The van der Waals surface area contributed by atoms with Crippen molar-refractivity contribution >= 4 is 22.7 Å². The first-order valence-corrected chi connectivity index (χ1v) is 9.93. The minimum atomic E-state index is 0.622. The van der Waals surface area contributed by atoms with E-state index in [1.54, 1.807) is 18.9 Å². The van der Waals surface area contributed by atoms with Crippen molar-refractivity contribution in [1.29, 1.82) is 0 Å². The van der Waals surface area contributed by atoms with Gasteiger partial charge in [0, 0.05) is 23.9 Å². The van der Waals surface area contributed by atoms with E-state index in [0.29, 0.717) is 6.54 Å². The summed E-state index contributed by atoms with van der Waals surface area (Å²) in [6.07, 6.45) is 3.68. The molecule has 0 N–H and O–H groups in total. The predicted molar refractivity (Wildman–Crippen MR) is 114 cm³/mol. The van der Waals surface area contributed by atoms with E-state index in [1.807, 2.05) is 42.6 Å². The van der Waals surface area contributed by atoms with Crippen molar-refractivity contribution in [3.05, 3.63) is 79.0 Å². The summed E-state index contributed by atoms with van der Waals surface area (Å²) in [5.74, 6) is 2.31. The summed E-state index contributed by atoms with van der Waals surface area (Å²) in [4.78, 5) is 4.54. The molecule has 4 aromatic rings. The maximum Gasteiger partial charge on any atom is 0.192 e. The van der Waals surface area contributed by atoms with Crippen molar-refractivity contribution in [3.63, 3.8) is 0 Å². The van der Waals surface area contributed by atoms with E-state index in [4.69, 9.17) is 4.74 Å². The Balaban J connectivity index is 1.67. The molecule has 0 saturated heterocycles. The van der Waals surface area contributed by atoms with Gasteiger partial charge in [-0.3, -0.25) is 9.55 Å². The minimum Gasteiger partial charge on any atom is -0.496 e. The number of pyridine rings is 1. The minimum absolute atomic E-state index is 0.622. The molecule has 0 spiro atoms. The Morgan fingerprint density at radius 1 is 1.07 bits per heavy atom. The normalized spacial score (nSPS) is 10.9. The third-order valence-corrected chi connectivity index (χ3v) is 5.47. The van der Waals surface area contributed by atoms with Gasteiger partial charge in [0.15, 0.2) is 11.0 Å². The Kier molecular flexibility index (Phi) is 5.39. The Bertz CT molecular complexity index is 1120. The summed E-state index contributed by atoms with van der Waals surface area (Å²) < 4.78 is 7.56. The van der Waals surface area contributed by atoms with Crippen molar-refractivity contribution in [1.82, 2.24) is 19.7 Å². The first-order valence-electron chi connectivity index (χ1n) is 8.94. The van der Waals surface area contributed by atoms with E-state index < -0.39 is 0 Å². The van der Waals surface area contributed by atoms with E-state index in [9.17, 15) is 0 Å². The fourth-order valence-corrected chi connectivity index (χ4v) is 4.08. The van der Waals surface area contributed by atoms with Crippen molar-refractivity contribution < 1.29 is 4.74 Å². The molecule has 4 rings (SSSR count). The number of methoxy groups -OCH3 is 1. The van der Waals surface area contributed by atoms with E-state index in [0.717, 1.165) is 38.9 Å². The van der Waals surface area contributed by atoms with Gasteiger partial charge in [-0.05, 0) is 23.8 Å². The highest BCUT2D eigenvalue weighted by atomic mass is 32.2. The molecule has 0 fully saturated rings. The smallest absolute Gasteiger partial charge is 0.192 e. The van der Waals surface area contributed by atoms with Crippen LogP contribution in [0.15, 0.2) is 78.6 Å². The van der Waals surface area contributed by atoms with Gasteiger partial charge >= 0.3 is 0 Å². The van der Waals surface area contributed by atoms with Crippen molar-refractivity contribution in [2.24, 2.45) is 0 Å². The van der Waals surface area contributed by atoms with Gasteiger partial charge < -0.3 is 4.74 Å². The van der Waals surface area contributed by atoms with Crippen molar-refractivity contribution in [2.45, 2.75) is 17.5 Å². The summed E-state index contributed by atoms with van der Waals surface area (Å²) in [5, 5.41) is 10.9. The first kappa shape index (κ1) is 18.3. The van der Waals surface area contributed by atoms with E-state index in [1.165, 1.54) is 5.56 Å². The number of aromatic nitrogens is 4. The largest absolute Gasteiger partial charge is 0.496 e. The summed E-state index contributed by atoms with van der Waals surface area (Å²) in [6, 6.07) is 18.1. The first-order chi connectivity index (χ1) is 13.8. The molecule has 2 aromatic heterocycles. The molecule has 6 heteroatoms. The molecule has 0 bridgehead atoms. The highest BCUT2D eigenvalue weighted by molar-refractivity contribution is 7.98.